The summed E-state index contributed by atoms with van der Waals surface area (Å²) in [6, 6.07) is 5.40. The molecule has 0 aliphatic carbocycles. The van der Waals surface area contributed by atoms with Crippen molar-refractivity contribution in [2.24, 2.45) is 0 Å². The molecule has 1 N–H and O–H groups in total. The minimum Gasteiger partial charge on any atom is -0.334 e. The lowest BCUT2D eigenvalue weighted by Gasteiger charge is -2.15. The van der Waals surface area contributed by atoms with Crippen LogP contribution < -0.4 is 5.32 Å². The van der Waals surface area contributed by atoms with E-state index in [0.29, 0.717) is 30.0 Å². The van der Waals surface area contributed by atoms with Crippen molar-refractivity contribution in [3.63, 3.8) is 0 Å². The second kappa shape index (κ2) is 6.45. The summed E-state index contributed by atoms with van der Waals surface area (Å²) in [5.74, 6) is -2.30. The monoisotopic (exact) mass is 392 g/mol. The normalized spacial score (nSPS) is 17.7. The molecule has 27 heavy (non-hydrogen) atoms. The van der Waals surface area contributed by atoms with Crippen LogP contribution in [0.4, 0.5) is 10.2 Å². The van der Waals surface area contributed by atoms with Gasteiger partial charge in [0, 0.05) is 18.7 Å². The van der Waals surface area contributed by atoms with E-state index in [2.05, 4.69) is 10.4 Å². The Morgan fingerprint density at radius 3 is 2.41 bits per heavy atom. The molecule has 0 radical (unpaired) electrons. The van der Waals surface area contributed by atoms with Crippen molar-refractivity contribution in [3.05, 3.63) is 41.3 Å². The Bertz CT molecular complexity index is 1020. The summed E-state index contributed by atoms with van der Waals surface area (Å²) in [6.07, 6.45) is 1.69. The highest BCUT2D eigenvalue weighted by Crippen LogP contribution is 2.33. The molecule has 3 heterocycles. The smallest absolute Gasteiger partial charge is 0.315 e. The molecule has 10 heteroatoms. The lowest BCUT2D eigenvalue weighted by Crippen LogP contribution is -2.38. The fraction of sp³-hybridized carbons (Fsp3) is 0.353. The Labute approximate surface area is 154 Å². The van der Waals surface area contributed by atoms with E-state index >= 15 is 0 Å². The standard InChI is InChI=1S/C17H17FN4O4S/c18-11-3-5-12(6-4-11)22-15(13-9-27(25,26)10-14(13)20-22)19-16(23)17(24)21-7-1-2-8-21/h3-6H,1-2,7-10H2,(H,19,23). The van der Waals surface area contributed by atoms with Gasteiger partial charge in [0.2, 0.25) is 0 Å². The van der Waals surface area contributed by atoms with Crippen molar-refractivity contribution in [3.8, 4) is 5.69 Å². The summed E-state index contributed by atoms with van der Waals surface area (Å²) in [7, 11) is -3.34. The predicted octanol–water partition coefficient (Wildman–Crippen LogP) is 1.00. The zero-order valence-corrected chi connectivity index (χ0v) is 15.1. The Morgan fingerprint density at radius 2 is 1.74 bits per heavy atom. The maximum Gasteiger partial charge on any atom is 0.315 e. The van der Waals surface area contributed by atoms with Crippen LogP contribution in [0.5, 0.6) is 0 Å². The fourth-order valence-electron chi connectivity index (χ4n) is 3.36. The number of rotatable bonds is 2. The first-order valence-corrected chi connectivity index (χ1v) is 10.3. The lowest BCUT2D eigenvalue weighted by atomic mass is 10.2. The second-order valence-electron chi connectivity index (χ2n) is 6.65. The third kappa shape index (κ3) is 3.32. The van der Waals surface area contributed by atoms with Crippen LogP contribution in [-0.2, 0) is 30.9 Å². The van der Waals surface area contributed by atoms with E-state index in [1.54, 1.807) is 0 Å². The number of fused-ring (bicyclic) bond motifs is 1. The van der Waals surface area contributed by atoms with Crippen molar-refractivity contribution in [2.45, 2.75) is 24.3 Å². The van der Waals surface area contributed by atoms with Crippen molar-refractivity contribution < 1.29 is 22.4 Å². The lowest BCUT2D eigenvalue weighted by molar-refractivity contribution is -0.142. The highest BCUT2D eigenvalue weighted by atomic mass is 32.2. The number of halogens is 1. The second-order valence-corrected chi connectivity index (χ2v) is 8.71. The van der Waals surface area contributed by atoms with Gasteiger partial charge in [0.1, 0.15) is 11.6 Å². The summed E-state index contributed by atoms with van der Waals surface area (Å²) in [4.78, 5) is 26.2. The number of nitrogens with zero attached hydrogens (tertiary/aromatic N) is 3. The minimum atomic E-state index is -3.34. The Morgan fingerprint density at radius 1 is 1.07 bits per heavy atom. The number of likely N-dealkylation sites (tertiary alicyclic amines) is 1. The molecule has 0 atom stereocenters. The average molecular weight is 392 g/mol. The molecule has 1 aromatic carbocycles. The zero-order valence-electron chi connectivity index (χ0n) is 14.3. The van der Waals surface area contributed by atoms with Gasteiger partial charge in [-0.2, -0.15) is 5.10 Å². The fourth-order valence-corrected chi connectivity index (χ4v) is 4.86. The van der Waals surface area contributed by atoms with Gasteiger partial charge in [0.05, 0.1) is 22.9 Å². The van der Waals surface area contributed by atoms with Crippen molar-refractivity contribution in [1.29, 1.82) is 0 Å². The number of sulfone groups is 1. The summed E-state index contributed by atoms with van der Waals surface area (Å²) in [5.41, 5.74) is 1.14. The topological polar surface area (TPSA) is 101 Å². The van der Waals surface area contributed by atoms with Gasteiger partial charge in [-0.3, -0.25) is 9.59 Å². The molecule has 2 aromatic rings. The molecule has 2 amide bonds. The zero-order chi connectivity index (χ0) is 19.2. The number of amides is 2. The number of nitrogens with one attached hydrogen (secondary N) is 1. The maximum atomic E-state index is 13.2. The van der Waals surface area contributed by atoms with E-state index in [1.165, 1.54) is 33.8 Å². The SMILES string of the molecule is O=C(Nc1c2c(nn1-c1ccc(F)cc1)CS(=O)(=O)C2)C(=O)N1CCCC1. The highest BCUT2D eigenvalue weighted by molar-refractivity contribution is 7.90. The van der Waals surface area contributed by atoms with E-state index in [0.717, 1.165) is 12.8 Å². The van der Waals surface area contributed by atoms with E-state index < -0.39 is 27.5 Å². The first kappa shape index (κ1) is 17.7. The molecule has 2 aliphatic heterocycles. The van der Waals surface area contributed by atoms with Crippen LogP contribution in [0.2, 0.25) is 0 Å². The Kier molecular flexibility index (Phi) is 4.22. The van der Waals surface area contributed by atoms with Crippen LogP contribution in [0.25, 0.3) is 5.69 Å². The van der Waals surface area contributed by atoms with Gasteiger partial charge in [-0.1, -0.05) is 0 Å². The molecule has 2 aliphatic rings. The summed E-state index contributed by atoms with van der Waals surface area (Å²) < 4.78 is 38.4. The van der Waals surface area contributed by atoms with Crippen LogP contribution in [0.1, 0.15) is 24.1 Å². The molecular formula is C17H17FN4O4S. The predicted molar refractivity (Wildman–Crippen MR) is 94.3 cm³/mol. The molecular weight excluding hydrogens is 375 g/mol. The molecule has 0 spiro atoms. The molecule has 1 fully saturated rings. The summed E-state index contributed by atoms with van der Waals surface area (Å²) in [6.45, 7) is 1.05. The van der Waals surface area contributed by atoms with Gasteiger partial charge in [0.15, 0.2) is 9.84 Å². The van der Waals surface area contributed by atoms with E-state index in [4.69, 9.17) is 0 Å². The number of carbonyl (C=O) groups is 2. The minimum absolute atomic E-state index is 0.134. The highest BCUT2D eigenvalue weighted by Gasteiger charge is 2.34. The van der Waals surface area contributed by atoms with Crippen LogP contribution in [0.3, 0.4) is 0 Å². The number of aromatic nitrogens is 2. The molecule has 0 saturated carbocycles. The Balaban J connectivity index is 1.70. The largest absolute Gasteiger partial charge is 0.334 e. The first-order valence-electron chi connectivity index (χ1n) is 8.51. The van der Waals surface area contributed by atoms with E-state index in [1.807, 2.05) is 0 Å². The van der Waals surface area contributed by atoms with Gasteiger partial charge in [0.25, 0.3) is 0 Å². The number of hydrogen-bond donors (Lipinski definition) is 1. The molecule has 4 rings (SSSR count). The molecule has 1 saturated heterocycles. The summed E-state index contributed by atoms with van der Waals surface area (Å²) >= 11 is 0. The van der Waals surface area contributed by atoms with Crippen LogP contribution in [-0.4, -0.2) is 48.0 Å². The number of carbonyl (C=O) groups excluding carboxylic acids is 2. The van der Waals surface area contributed by atoms with Crippen molar-refractivity contribution in [2.75, 3.05) is 18.4 Å². The molecule has 142 valence electrons. The number of hydrogen-bond acceptors (Lipinski definition) is 5. The van der Waals surface area contributed by atoms with Crippen LogP contribution in [0.15, 0.2) is 24.3 Å². The van der Waals surface area contributed by atoms with Crippen LogP contribution in [0, 0.1) is 5.82 Å². The van der Waals surface area contributed by atoms with E-state index in [9.17, 15) is 22.4 Å². The molecule has 0 unspecified atom stereocenters. The molecule has 8 nitrogen and oxygen atoms in total. The van der Waals surface area contributed by atoms with Gasteiger partial charge >= 0.3 is 11.8 Å². The van der Waals surface area contributed by atoms with Crippen molar-refractivity contribution >= 4 is 27.5 Å². The van der Waals surface area contributed by atoms with Gasteiger partial charge < -0.3 is 10.2 Å². The van der Waals surface area contributed by atoms with E-state index in [-0.39, 0.29) is 17.3 Å². The first-order chi connectivity index (χ1) is 12.8. The maximum absolute atomic E-state index is 13.2. The molecule has 1 aromatic heterocycles. The third-order valence-electron chi connectivity index (χ3n) is 4.68. The van der Waals surface area contributed by atoms with Crippen LogP contribution >= 0.6 is 0 Å². The molecule has 0 bridgehead atoms. The summed E-state index contributed by atoms with van der Waals surface area (Å²) in [5, 5.41) is 6.80. The van der Waals surface area contributed by atoms with Gasteiger partial charge in [-0.25, -0.2) is 17.5 Å². The Hall–Kier alpha value is -2.75. The van der Waals surface area contributed by atoms with Gasteiger partial charge in [-0.05, 0) is 37.1 Å². The number of benzene rings is 1. The average Bonchev–Trinajstić information content (AvgIpc) is 3.31. The third-order valence-corrected chi connectivity index (χ3v) is 6.12. The van der Waals surface area contributed by atoms with Gasteiger partial charge in [-0.15, -0.1) is 0 Å². The van der Waals surface area contributed by atoms with Crippen molar-refractivity contribution in [1.82, 2.24) is 14.7 Å². The number of anilines is 1. The quantitative estimate of drug-likeness (QED) is 0.769.